The van der Waals surface area contributed by atoms with Crippen molar-refractivity contribution in [2.24, 2.45) is 0 Å². The summed E-state index contributed by atoms with van der Waals surface area (Å²) in [4.78, 5) is 4.18. The number of ether oxygens (including phenoxy) is 4. The summed E-state index contributed by atoms with van der Waals surface area (Å²) in [5.74, 6) is 0.427. The molecule has 7 heteroatoms. The predicted molar refractivity (Wildman–Crippen MR) is 81.0 cm³/mol. The Hall–Kier alpha value is -0.920. The number of halogens is 1. The van der Waals surface area contributed by atoms with E-state index in [1.807, 2.05) is 13.1 Å². The van der Waals surface area contributed by atoms with E-state index in [1.54, 1.807) is 13.3 Å². The molecule has 0 radical (unpaired) electrons. The van der Waals surface area contributed by atoms with Gasteiger partial charge in [-0.15, -0.1) is 0 Å². The van der Waals surface area contributed by atoms with E-state index in [0.29, 0.717) is 50.5 Å². The predicted octanol–water partition coefficient (Wildman–Crippen LogP) is 1.51. The second-order valence-corrected chi connectivity index (χ2v) is 4.63. The van der Waals surface area contributed by atoms with E-state index in [1.165, 1.54) is 0 Å². The number of hydrogen-bond acceptors (Lipinski definition) is 6. The summed E-state index contributed by atoms with van der Waals surface area (Å²) in [5.41, 5.74) is 1.01. The third-order valence-corrected chi connectivity index (χ3v) is 2.79. The Morgan fingerprint density at radius 3 is 2.38 bits per heavy atom. The van der Waals surface area contributed by atoms with Crippen LogP contribution in [0.4, 0.5) is 0 Å². The molecule has 0 fully saturated rings. The zero-order valence-corrected chi connectivity index (χ0v) is 13.3. The van der Waals surface area contributed by atoms with E-state index in [2.05, 4.69) is 10.3 Å². The van der Waals surface area contributed by atoms with E-state index in [4.69, 9.17) is 30.5 Å². The van der Waals surface area contributed by atoms with Crippen LogP contribution >= 0.6 is 11.6 Å². The molecule has 1 rings (SSSR count). The van der Waals surface area contributed by atoms with Crippen molar-refractivity contribution in [2.45, 2.75) is 6.54 Å². The number of nitrogens with zero attached hydrogens (tertiary/aromatic N) is 1. The van der Waals surface area contributed by atoms with Crippen LogP contribution in [0.3, 0.4) is 0 Å². The molecular formula is C14H23ClN2O4. The second-order valence-electron chi connectivity index (χ2n) is 4.23. The topological polar surface area (TPSA) is 61.8 Å². The number of rotatable bonds is 12. The number of nitrogens with one attached hydrogen (secondary N) is 1. The Bertz CT molecular complexity index is 393. The van der Waals surface area contributed by atoms with Crippen molar-refractivity contribution in [3.8, 4) is 5.88 Å². The summed E-state index contributed by atoms with van der Waals surface area (Å²) in [6, 6.07) is 1.84. The summed E-state index contributed by atoms with van der Waals surface area (Å²) in [6.45, 7) is 3.82. The first kappa shape index (κ1) is 18.1. The number of aromatic nitrogens is 1. The van der Waals surface area contributed by atoms with Gasteiger partial charge < -0.3 is 24.3 Å². The monoisotopic (exact) mass is 318 g/mol. The van der Waals surface area contributed by atoms with Gasteiger partial charge >= 0.3 is 0 Å². The lowest BCUT2D eigenvalue weighted by Gasteiger charge is -2.09. The second kappa shape index (κ2) is 11.7. The van der Waals surface area contributed by atoms with Crippen LogP contribution in [0.25, 0.3) is 0 Å². The summed E-state index contributed by atoms with van der Waals surface area (Å²) in [6.07, 6.45) is 1.74. The molecule has 0 aliphatic carbocycles. The Morgan fingerprint density at radius 1 is 1.10 bits per heavy atom. The average Bonchev–Trinajstić information content (AvgIpc) is 2.48. The highest BCUT2D eigenvalue weighted by Crippen LogP contribution is 2.22. The number of hydrogen-bond donors (Lipinski definition) is 1. The highest BCUT2D eigenvalue weighted by Gasteiger charge is 2.04. The van der Waals surface area contributed by atoms with Gasteiger partial charge in [-0.3, -0.25) is 0 Å². The maximum Gasteiger partial charge on any atom is 0.232 e. The van der Waals surface area contributed by atoms with Crippen LogP contribution < -0.4 is 10.1 Å². The molecule has 1 aromatic rings. The molecule has 120 valence electrons. The molecule has 0 aliphatic rings. The zero-order chi connectivity index (χ0) is 15.3. The lowest BCUT2D eigenvalue weighted by molar-refractivity contribution is 0.0176. The third kappa shape index (κ3) is 8.18. The highest BCUT2D eigenvalue weighted by molar-refractivity contribution is 6.31. The molecule has 0 spiro atoms. The lowest BCUT2D eigenvalue weighted by atomic mass is 10.3. The molecule has 0 saturated heterocycles. The average molecular weight is 319 g/mol. The fraction of sp³-hybridized carbons (Fsp3) is 0.643. The molecule has 0 aromatic carbocycles. The van der Waals surface area contributed by atoms with Crippen LogP contribution in [0, 0.1) is 0 Å². The third-order valence-electron chi connectivity index (χ3n) is 2.52. The van der Waals surface area contributed by atoms with Crippen molar-refractivity contribution in [3.63, 3.8) is 0 Å². The summed E-state index contributed by atoms with van der Waals surface area (Å²) in [5, 5.41) is 3.54. The van der Waals surface area contributed by atoms with Crippen molar-refractivity contribution < 1.29 is 18.9 Å². The quantitative estimate of drug-likeness (QED) is 0.590. The first-order chi connectivity index (χ1) is 10.3. The zero-order valence-electron chi connectivity index (χ0n) is 12.6. The minimum absolute atomic E-state index is 0.399. The maximum absolute atomic E-state index is 6.09. The molecule has 1 N–H and O–H groups in total. The van der Waals surface area contributed by atoms with Crippen molar-refractivity contribution in [1.82, 2.24) is 10.3 Å². The summed E-state index contributed by atoms with van der Waals surface area (Å²) < 4.78 is 21.0. The van der Waals surface area contributed by atoms with Gasteiger partial charge in [-0.1, -0.05) is 11.6 Å². The molecule has 1 heterocycles. The van der Waals surface area contributed by atoms with Crippen LogP contribution in [0.5, 0.6) is 5.88 Å². The van der Waals surface area contributed by atoms with E-state index in [0.717, 1.165) is 12.1 Å². The lowest BCUT2D eigenvalue weighted by Crippen LogP contribution is -2.13. The molecule has 0 bridgehead atoms. The number of methoxy groups -OCH3 is 1. The maximum atomic E-state index is 6.09. The highest BCUT2D eigenvalue weighted by atomic mass is 35.5. The first-order valence-corrected chi connectivity index (χ1v) is 7.22. The van der Waals surface area contributed by atoms with E-state index >= 15 is 0 Å². The van der Waals surface area contributed by atoms with E-state index in [-0.39, 0.29) is 0 Å². The minimum atomic E-state index is 0.399. The van der Waals surface area contributed by atoms with Gasteiger partial charge in [0.2, 0.25) is 5.88 Å². The Kier molecular flexibility index (Phi) is 10.1. The van der Waals surface area contributed by atoms with Crippen molar-refractivity contribution in [1.29, 1.82) is 0 Å². The molecule has 21 heavy (non-hydrogen) atoms. The summed E-state index contributed by atoms with van der Waals surface area (Å²) >= 11 is 6.09. The Balaban J connectivity index is 2.10. The Labute approximate surface area is 130 Å². The van der Waals surface area contributed by atoms with Crippen LogP contribution in [-0.2, 0) is 20.8 Å². The van der Waals surface area contributed by atoms with E-state index < -0.39 is 0 Å². The van der Waals surface area contributed by atoms with Gasteiger partial charge in [-0.25, -0.2) is 4.98 Å². The van der Waals surface area contributed by atoms with Crippen LogP contribution in [-0.4, -0.2) is 58.8 Å². The fourth-order valence-electron chi connectivity index (χ4n) is 1.53. The van der Waals surface area contributed by atoms with Gasteiger partial charge in [0.1, 0.15) is 11.6 Å². The molecule has 0 unspecified atom stereocenters. The van der Waals surface area contributed by atoms with Crippen LogP contribution in [0.1, 0.15) is 5.56 Å². The van der Waals surface area contributed by atoms with Gasteiger partial charge in [0, 0.05) is 19.9 Å². The largest absolute Gasteiger partial charge is 0.474 e. The molecule has 0 amide bonds. The van der Waals surface area contributed by atoms with E-state index in [9.17, 15) is 0 Å². The van der Waals surface area contributed by atoms with Gasteiger partial charge in [0.05, 0.1) is 33.0 Å². The fourth-order valence-corrected chi connectivity index (χ4v) is 1.78. The minimum Gasteiger partial charge on any atom is -0.474 e. The first-order valence-electron chi connectivity index (χ1n) is 6.84. The van der Waals surface area contributed by atoms with Crippen molar-refractivity contribution >= 4 is 11.6 Å². The Morgan fingerprint density at radius 2 is 1.76 bits per heavy atom. The van der Waals surface area contributed by atoms with Gasteiger partial charge in [-0.05, 0) is 18.7 Å². The molecule has 0 saturated carbocycles. The SMILES string of the molecule is CNCc1cnc(OCCOCCOCCOC)c(Cl)c1. The van der Waals surface area contributed by atoms with Gasteiger partial charge in [-0.2, -0.15) is 0 Å². The van der Waals surface area contributed by atoms with Crippen molar-refractivity contribution in [2.75, 3.05) is 53.8 Å². The van der Waals surface area contributed by atoms with Gasteiger partial charge in [0.25, 0.3) is 0 Å². The van der Waals surface area contributed by atoms with Gasteiger partial charge in [0.15, 0.2) is 0 Å². The van der Waals surface area contributed by atoms with Crippen molar-refractivity contribution in [3.05, 3.63) is 22.8 Å². The molecule has 6 nitrogen and oxygen atoms in total. The molecular weight excluding hydrogens is 296 g/mol. The van der Waals surface area contributed by atoms with Crippen LogP contribution in [0.2, 0.25) is 5.02 Å². The summed E-state index contributed by atoms with van der Waals surface area (Å²) in [7, 11) is 3.51. The number of pyridine rings is 1. The standard InChI is InChI=1S/C14H23ClN2O4/c1-16-10-12-9-13(15)14(17-11-12)21-8-7-20-6-5-19-4-3-18-2/h9,11,16H,3-8,10H2,1-2H3. The molecule has 0 atom stereocenters. The molecule has 1 aromatic heterocycles. The normalized spacial score (nSPS) is 10.8. The molecule has 0 aliphatic heterocycles. The van der Waals surface area contributed by atoms with Crippen LogP contribution in [0.15, 0.2) is 12.3 Å². The smallest absolute Gasteiger partial charge is 0.232 e.